The van der Waals surface area contributed by atoms with Gasteiger partial charge in [-0.3, -0.25) is 4.79 Å². The molecule has 4 rings (SSSR count). The Balaban J connectivity index is 1.55. The largest absolute Gasteiger partial charge is 0.482 e. The van der Waals surface area contributed by atoms with Crippen LogP contribution in [0.1, 0.15) is 30.4 Å². The fourth-order valence-corrected chi connectivity index (χ4v) is 5.35. The number of nitrogens with zero attached hydrogens (tertiary/aromatic N) is 4. The lowest BCUT2D eigenvalue weighted by Gasteiger charge is -2.34. The van der Waals surface area contributed by atoms with Gasteiger partial charge in [0, 0.05) is 24.7 Å². The van der Waals surface area contributed by atoms with Crippen LogP contribution in [0.25, 0.3) is 11.0 Å². The first-order valence-electron chi connectivity index (χ1n) is 10.5. The summed E-state index contributed by atoms with van der Waals surface area (Å²) in [7, 11) is -1.49. The first kappa shape index (κ1) is 24.7. The summed E-state index contributed by atoms with van der Waals surface area (Å²) in [6.45, 7) is 0.818. The van der Waals surface area contributed by atoms with Crippen molar-refractivity contribution in [3.05, 3.63) is 36.2 Å². The molecule has 0 aromatic carbocycles. The maximum absolute atomic E-state index is 13.5. The van der Waals surface area contributed by atoms with Crippen molar-refractivity contribution in [2.24, 2.45) is 7.05 Å². The highest BCUT2D eigenvalue weighted by Gasteiger charge is 2.35. The van der Waals surface area contributed by atoms with E-state index in [0.717, 1.165) is 12.3 Å². The molecule has 1 saturated heterocycles. The van der Waals surface area contributed by atoms with Crippen molar-refractivity contribution in [1.82, 2.24) is 24.8 Å². The van der Waals surface area contributed by atoms with Crippen LogP contribution in [0.3, 0.4) is 0 Å². The van der Waals surface area contributed by atoms with Gasteiger partial charge in [-0.15, -0.1) is 0 Å². The summed E-state index contributed by atoms with van der Waals surface area (Å²) in [5, 5.41) is 2.88. The van der Waals surface area contributed by atoms with Gasteiger partial charge in [0.15, 0.2) is 11.6 Å². The average Bonchev–Trinajstić information content (AvgIpc) is 3.12. The number of hydrogen-bond acceptors (Lipinski definition) is 8. The highest BCUT2D eigenvalue weighted by molar-refractivity contribution is 7.91. The molecule has 1 aliphatic rings. The summed E-state index contributed by atoms with van der Waals surface area (Å²) in [5.41, 5.74) is 0.159. The van der Waals surface area contributed by atoms with E-state index in [1.165, 1.54) is 16.8 Å². The van der Waals surface area contributed by atoms with Crippen molar-refractivity contribution in [1.29, 1.82) is 0 Å². The van der Waals surface area contributed by atoms with E-state index in [9.17, 15) is 26.4 Å². The van der Waals surface area contributed by atoms with E-state index in [2.05, 4.69) is 20.3 Å². The van der Waals surface area contributed by atoms with E-state index in [-0.39, 0.29) is 34.8 Å². The maximum Gasteiger partial charge on any atom is 0.287 e. The number of nitrogens with one attached hydrogen (secondary N) is 1. The van der Waals surface area contributed by atoms with E-state index in [0.29, 0.717) is 23.9 Å². The molecule has 1 aliphatic heterocycles. The molecule has 10 nitrogen and oxygen atoms in total. The number of halogens is 3. The van der Waals surface area contributed by atoms with Crippen LogP contribution in [0, 0.1) is 5.82 Å². The Labute approximate surface area is 198 Å². The Bertz CT molecular complexity index is 1370. The molecule has 0 unspecified atom stereocenters. The summed E-state index contributed by atoms with van der Waals surface area (Å²) >= 11 is 0. The molecule has 1 amide bonds. The molecule has 0 bridgehead atoms. The van der Waals surface area contributed by atoms with E-state index in [4.69, 9.17) is 9.47 Å². The fraction of sp³-hybridized carbons (Fsp3) is 0.429. The van der Waals surface area contributed by atoms with Gasteiger partial charge in [0.1, 0.15) is 27.8 Å². The Kier molecular flexibility index (Phi) is 6.58. The number of alkyl halides is 2. The molecule has 0 spiro atoms. The minimum absolute atomic E-state index is 0.00260. The van der Waals surface area contributed by atoms with Crippen molar-refractivity contribution in [3.8, 4) is 17.5 Å². The molecule has 3 aromatic heterocycles. The van der Waals surface area contributed by atoms with Crippen molar-refractivity contribution < 1.29 is 35.9 Å². The summed E-state index contributed by atoms with van der Waals surface area (Å²) in [6.07, 6.45) is 0.00250. The van der Waals surface area contributed by atoms with Crippen LogP contribution < -0.4 is 14.8 Å². The third-order valence-corrected chi connectivity index (χ3v) is 7.29. The summed E-state index contributed by atoms with van der Waals surface area (Å²) < 4.78 is 73.9. The lowest BCUT2D eigenvalue weighted by molar-refractivity contribution is 0.0801. The minimum Gasteiger partial charge on any atom is -0.482 e. The second kappa shape index (κ2) is 9.32. The van der Waals surface area contributed by atoms with E-state index in [1.54, 1.807) is 14.0 Å². The number of aromatic nitrogens is 4. The molecule has 0 saturated carbocycles. The lowest BCUT2D eigenvalue weighted by Crippen LogP contribution is -2.51. The topological polar surface area (TPSA) is 125 Å². The molecule has 14 heteroatoms. The fourth-order valence-electron chi connectivity index (χ4n) is 3.62. The van der Waals surface area contributed by atoms with Gasteiger partial charge in [-0.1, -0.05) is 0 Å². The van der Waals surface area contributed by atoms with Gasteiger partial charge in [-0.2, -0.15) is 0 Å². The standard InChI is InChI=1S/C21H22F3N5O5S/c1-21(3-5-35(31,32)6-4-21)28-19(30)18-27-13-10-25-17(8-14(13)29(18)2)34-20-15(33-11-16(23)24)7-12(22)9-26-20/h7-10,16H,3-6,11H2,1-2H3,(H,28,30). The molecule has 4 heterocycles. The van der Waals surface area contributed by atoms with Gasteiger partial charge in [0.2, 0.25) is 5.88 Å². The minimum atomic E-state index is -3.09. The third kappa shape index (κ3) is 5.63. The number of carbonyl (C=O) groups is 1. The first-order chi connectivity index (χ1) is 16.4. The number of pyridine rings is 2. The van der Waals surface area contributed by atoms with Crippen LogP contribution in [-0.4, -0.2) is 63.9 Å². The van der Waals surface area contributed by atoms with Crippen LogP contribution in [0.15, 0.2) is 24.5 Å². The Morgan fingerprint density at radius 3 is 2.63 bits per heavy atom. The third-order valence-electron chi connectivity index (χ3n) is 5.64. The predicted molar refractivity (Wildman–Crippen MR) is 118 cm³/mol. The second-order valence-corrected chi connectivity index (χ2v) is 10.7. The number of ether oxygens (including phenoxy) is 2. The molecule has 1 fully saturated rings. The van der Waals surface area contributed by atoms with Gasteiger partial charge < -0.3 is 19.4 Å². The van der Waals surface area contributed by atoms with Gasteiger partial charge >= 0.3 is 0 Å². The highest BCUT2D eigenvalue weighted by Crippen LogP contribution is 2.31. The van der Waals surface area contributed by atoms with Crippen LogP contribution in [0.2, 0.25) is 0 Å². The zero-order valence-electron chi connectivity index (χ0n) is 18.8. The Morgan fingerprint density at radius 1 is 1.23 bits per heavy atom. The van der Waals surface area contributed by atoms with Crippen molar-refractivity contribution in [2.75, 3.05) is 18.1 Å². The summed E-state index contributed by atoms with van der Waals surface area (Å²) in [5.74, 6) is -1.80. The number of amides is 1. The number of fused-ring (bicyclic) bond motifs is 1. The molecule has 1 N–H and O–H groups in total. The zero-order valence-corrected chi connectivity index (χ0v) is 19.6. The molecular formula is C21H22F3N5O5S. The quantitative estimate of drug-likeness (QED) is 0.511. The van der Waals surface area contributed by atoms with E-state index < -0.39 is 40.1 Å². The monoisotopic (exact) mass is 513 g/mol. The summed E-state index contributed by atoms with van der Waals surface area (Å²) in [4.78, 5) is 25.1. The van der Waals surface area contributed by atoms with Crippen LogP contribution >= 0.6 is 0 Å². The van der Waals surface area contributed by atoms with Gasteiger partial charge in [-0.25, -0.2) is 36.5 Å². The van der Waals surface area contributed by atoms with Crippen molar-refractivity contribution >= 4 is 26.8 Å². The normalized spacial score (nSPS) is 16.9. The molecule has 188 valence electrons. The molecule has 35 heavy (non-hydrogen) atoms. The first-order valence-corrected chi connectivity index (χ1v) is 12.4. The molecule has 0 atom stereocenters. The van der Waals surface area contributed by atoms with Crippen LogP contribution in [0.5, 0.6) is 17.5 Å². The van der Waals surface area contributed by atoms with E-state index in [1.807, 2.05) is 0 Å². The zero-order chi connectivity index (χ0) is 25.4. The predicted octanol–water partition coefficient (Wildman–Crippen LogP) is 2.64. The number of aryl methyl sites for hydroxylation is 1. The lowest BCUT2D eigenvalue weighted by atomic mass is 9.95. The number of carbonyl (C=O) groups excluding carboxylic acids is 1. The Hall–Kier alpha value is -3.42. The molecule has 3 aromatic rings. The van der Waals surface area contributed by atoms with Gasteiger partial charge in [0.05, 0.1) is 29.4 Å². The summed E-state index contributed by atoms with van der Waals surface area (Å²) in [6, 6.07) is 2.32. The smallest absolute Gasteiger partial charge is 0.287 e. The van der Waals surface area contributed by atoms with Gasteiger partial charge in [-0.05, 0) is 19.8 Å². The van der Waals surface area contributed by atoms with E-state index >= 15 is 0 Å². The molecule has 0 radical (unpaired) electrons. The highest BCUT2D eigenvalue weighted by atomic mass is 32.2. The number of rotatable bonds is 7. The SMILES string of the molecule is Cn1c(C(=O)NC2(C)CCS(=O)(=O)CC2)nc2cnc(Oc3ncc(F)cc3OCC(F)F)cc21. The number of hydrogen-bond donors (Lipinski definition) is 1. The number of sulfone groups is 1. The molecular weight excluding hydrogens is 491 g/mol. The Morgan fingerprint density at radius 2 is 1.94 bits per heavy atom. The van der Waals surface area contributed by atoms with Gasteiger partial charge in [0.25, 0.3) is 18.2 Å². The van der Waals surface area contributed by atoms with Crippen molar-refractivity contribution in [3.63, 3.8) is 0 Å². The second-order valence-electron chi connectivity index (χ2n) is 8.43. The van der Waals surface area contributed by atoms with Crippen molar-refractivity contribution in [2.45, 2.75) is 31.7 Å². The number of imidazole rings is 1. The average molecular weight is 513 g/mol. The maximum atomic E-state index is 13.5. The van der Waals surface area contributed by atoms with Crippen LogP contribution in [0.4, 0.5) is 13.2 Å². The van der Waals surface area contributed by atoms with Crippen LogP contribution in [-0.2, 0) is 16.9 Å². The molecule has 0 aliphatic carbocycles.